The molecule has 1 aromatic heterocycles. The SMILES string of the molecule is C/C=C\C1=c2c(n[nH]/c2=C/C)CCN(C)C1=O. The Balaban J connectivity index is 2.85. The Morgan fingerprint density at radius 1 is 1.41 bits per heavy atom. The van der Waals surface area contributed by atoms with Crippen LogP contribution in [-0.2, 0) is 11.2 Å². The molecule has 4 nitrogen and oxygen atoms in total. The average Bonchev–Trinajstić information content (AvgIpc) is 2.70. The lowest BCUT2D eigenvalue weighted by Gasteiger charge is -2.14. The molecule has 0 radical (unpaired) electrons. The normalized spacial score (nSPS) is 17.8. The van der Waals surface area contributed by atoms with E-state index in [0.29, 0.717) is 6.54 Å². The molecule has 0 unspecified atom stereocenters. The van der Waals surface area contributed by atoms with Crippen LogP contribution in [-0.4, -0.2) is 34.6 Å². The van der Waals surface area contributed by atoms with E-state index in [0.717, 1.165) is 28.3 Å². The van der Waals surface area contributed by atoms with E-state index in [9.17, 15) is 4.79 Å². The molecule has 1 amide bonds. The fraction of sp³-hybridized carbons (Fsp3) is 0.385. The van der Waals surface area contributed by atoms with Gasteiger partial charge in [-0.25, -0.2) is 0 Å². The van der Waals surface area contributed by atoms with Crippen molar-refractivity contribution in [3.8, 4) is 0 Å². The number of hydrogen-bond acceptors (Lipinski definition) is 2. The van der Waals surface area contributed by atoms with Gasteiger partial charge in [0.1, 0.15) is 0 Å². The lowest BCUT2D eigenvalue weighted by Crippen LogP contribution is -2.32. The highest BCUT2D eigenvalue weighted by atomic mass is 16.2. The number of likely N-dealkylation sites (N-methyl/N-ethyl adjacent to an activating group) is 1. The second-order valence-electron chi connectivity index (χ2n) is 4.14. The van der Waals surface area contributed by atoms with Gasteiger partial charge in [-0.15, -0.1) is 0 Å². The molecule has 4 heteroatoms. The number of rotatable bonds is 1. The highest BCUT2D eigenvalue weighted by Gasteiger charge is 2.20. The summed E-state index contributed by atoms with van der Waals surface area (Å²) in [5.41, 5.74) is 1.70. The Morgan fingerprint density at radius 2 is 2.18 bits per heavy atom. The first kappa shape index (κ1) is 11.6. The molecule has 0 atom stereocenters. The molecule has 0 bridgehead atoms. The number of aromatic amines is 1. The van der Waals surface area contributed by atoms with Crippen molar-refractivity contribution in [3.63, 3.8) is 0 Å². The number of aromatic nitrogens is 2. The molecule has 0 spiro atoms. The molecule has 90 valence electrons. The largest absolute Gasteiger partial charge is 0.341 e. The number of fused-ring (bicyclic) bond motifs is 1. The zero-order valence-corrected chi connectivity index (χ0v) is 10.4. The van der Waals surface area contributed by atoms with Crippen LogP contribution in [0.15, 0.2) is 12.2 Å². The van der Waals surface area contributed by atoms with Crippen molar-refractivity contribution in [1.29, 1.82) is 0 Å². The number of carbonyl (C=O) groups excluding carboxylic acids is 1. The monoisotopic (exact) mass is 231 g/mol. The molecule has 2 heterocycles. The van der Waals surface area contributed by atoms with Crippen LogP contribution in [0.5, 0.6) is 0 Å². The number of nitrogens with one attached hydrogen (secondary N) is 1. The van der Waals surface area contributed by atoms with Crippen molar-refractivity contribution in [3.05, 3.63) is 28.4 Å². The predicted octanol–water partition coefficient (Wildman–Crippen LogP) is -0.0486. The Kier molecular flexibility index (Phi) is 3.13. The maximum atomic E-state index is 12.2. The van der Waals surface area contributed by atoms with Gasteiger partial charge in [-0.3, -0.25) is 9.89 Å². The van der Waals surface area contributed by atoms with Gasteiger partial charge < -0.3 is 4.90 Å². The molecular weight excluding hydrogens is 214 g/mol. The first-order valence-corrected chi connectivity index (χ1v) is 5.81. The Morgan fingerprint density at radius 3 is 2.82 bits per heavy atom. The first-order valence-electron chi connectivity index (χ1n) is 5.81. The lowest BCUT2D eigenvalue weighted by molar-refractivity contribution is -0.123. The molecule has 0 aromatic carbocycles. The number of amides is 1. The first-order chi connectivity index (χ1) is 8.19. The highest BCUT2D eigenvalue weighted by molar-refractivity contribution is 6.17. The van der Waals surface area contributed by atoms with E-state index in [1.165, 1.54) is 0 Å². The van der Waals surface area contributed by atoms with Crippen molar-refractivity contribution in [2.24, 2.45) is 0 Å². The lowest BCUT2D eigenvalue weighted by atomic mass is 10.1. The van der Waals surface area contributed by atoms with E-state index in [1.807, 2.05) is 39.1 Å². The number of nitrogens with zero attached hydrogens (tertiary/aromatic N) is 2. The van der Waals surface area contributed by atoms with Crippen LogP contribution in [0.25, 0.3) is 11.6 Å². The minimum Gasteiger partial charge on any atom is -0.341 e. The zero-order valence-electron chi connectivity index (χ0n) is 10.4. The van der Waals surface area contributed by atoms with Gasteiger partial charge in [-0.2, -0.15) is 5.10 Å². The van der Waals surface area contributed by atoms with Crippen molar-refractivity contribution < 1.29 is 4.79 Å². The fourth-order valence-electron chi connectivity index (χ4n) is 2.09. The smallest absolute Gasteiger partial charge is 0.254 e. The molecule has 17 heavy (non-hydrogen) atoms. The van der Waals surface area contributed by atoms with Crippen LogP contribution < -0.4 is 10.6 Å². The maximum absolute atomic E-state index is 12.2. The van der Waals surface area contributed by atoms with Gasteiger partial charge in [0.25, 0.3) is 5.91 Å². The molecule has 1 N–H and O–H groups in total. The molecule has 2 rings (SSSR count). The van der Waals surface area contributed by atoms with Crippen LogP contribution in [0.2, 0.25) is 0 Å². The van der Waals surface area contributed by atoms with Crippen molar-refractivity contribution in [2.45, 2.75) is 20.3 Å². The number of hydrogen-bond donors (Lipinski definition) is 1. The van der Waals surface area contributed by atoms with E-state index in [-0.39, 0.29) is 5.91 Å². The van der Waals surface area contributed by atoms with Gasteiger partial charge in [0.05, 0.1) is 16.6 Å². The summed E-state index contributed by atoms with van der Waals surface area (Å²) < 4.78 is 0. The minimum absolute atomic E-state index is 0.0614. The third-order valence-corrected chi connectivity index (χ3v) is 3.02. The maximum Gasteiger partial charge on any atom is 0.254 e. The Bertz CT molecular complexity index is 580. The summed E-state index contributed by atoms with van der Waals surface area (Å²) in [6, 6.07) is 0. The fourth-order valence-corrected chi connectivity index (χ4v) is 2.09. The molecule has 0 saturated heterocycles. The molecular formula is C13H17N3O. The van der Waals surface area contributed by atoms with Crippen LogP contribution in [0.1, 0.15) is 19.5 Å². The Hall–Kier alpha value is -1.84. The summed E-state index contributed by atoms with van der Waals surface area (Å²) in [6.45, 7) is 4.57. The predicted molar refractivity (Wildman–Crippen MR) is 67.5 cm³/mol. The van der Waals surface area contributed by atoms with Crippen molar-refractivity contribution in [2.75, 3.05) is 13.6 Å². The molecule has 0 aliphatic carbocycles. The van der Waals surface area contributed by atoms with Crippen LogP contribution >= 0.6 is 0 Å². The number of allylic oxidation sites excluding steroid dienone is 1. The van der Waals surface area contributed by atoms with Gasteiger partial charge in [0.2, 0.25) is 0 Å². The second-order valence-corrected chi connectivity index (χ2v) is 4.14. The van der Waals surface area contributed by atoms with Crippen LogP contribution in [0.3, 0.4) is 0 Å². The zero-order chi connectivity index (χ0) is 12.4. The third-order valence-electron chi connectivity index (χ3n) is 3.02. The topological polar surface area (TPSA) is 49.0 Å². The second kappa shape index (κ2) is 4.57. The summed E-state index contributed by atoms with van der Waals surface area (Å²) in [7, 11) is 1.83. The van der Waals surface area contributed by atoms with Gasteiger partial charge in [-0.05, 0) is 13.8 Å². The number of H-pyrrole nitrogens is 1. The van der Waals surface area contributed by atoms with E-state index in [4.69, 9.17) is 0 Å². The van der Waals surface area contributed by atoms with Gasteiger partial charge in [0.15, 0.2) is 0 Å². The number of carbonyl (C=O) groups is 1. The third kappa shape index (κ3) is 1.90. The minimum atomic E-state index is 0.0614. The van der Waals surface area contributed by atoms with Gasteiger partial charge in [-0.1, -0.05) is 18.2 Å². The standard InChI is InChI=1S/C13H17N3O/c1-4-6-9-12-10(5-2)14-15-11(12)7-8-16(3)13(9)17/h4-6,14H,7-8H2,1-3H3/b6-4-,10-5+. The van der Waals surface area contributed by atoms with Crippen molar-refractivity contribution in [1.82, 2.24) is 15.1 Å². The Labute approximate surface area is 100 Å². The van der Waals surface area contributed by atoms with E-state index < -0.39 is 0 Å². The highest BCUT2D eigenvalue weighted by Crippen LogP contribution is 2.07. The summed E-state index contributed by atoms with van der Waals surface area (Å²) in [5.74, 6) is 0.0614. The van der Waals surface area contributed by atoms with Gasteiger partial charge in [0, 0.05) is 25.2 Å². The van der Waals surface area contributed by atoms with Crippen LogP contribution in [0, 0.1) is 0 Å². The van der Waals surface area contributed by atoms with Crippen molar-refractivity contribution >= 4 is 17.6 Å². The van der Waals surface area contributed by atoms with Gasteiger partial charge >= 0.3 is 0 Å². The van der Waals surface area contributed by atoms with E-state index >= 15 is 0 Å². The summed E-state index contributed by atoms with van der Waals surface area (Å²) in [5, 5.41) is 9.17. The molecule has 1 aromatic rings. The molecule has 0 fully saturated rings. The summed E-state index contributed by atoms with van der Waals surface area (Å²) >= 11 is 0. The quantitative estimate of drug-likeness (QED) is 0.737. The van der Waals surface area contributed by atoms with E-state index in [1.54, 1.807) is 4.90 Å². The van der Waals surface area contributed by atoms with E-state index in [2.05, 4.69) is 10.2 Å². The van der Waals surface area contributed by atoms with Crippen LogP contribution in [0.4, 0.5) is 0 Å². The average molecular weight is 231 g/mol. The summed E-state index contributed by atoms with van der Waals surface area (Å²) in [6.07, 6.45) is 6.50. The molecule has 1 aliphatic rings. The molecule has 0 saturated carbocycles. The molecule has 1 aliphatic heterocycles. The summed E-state index contributed by atoms with van der Waals surface area (Å²) in [4.78, 5) is 14.0.